The van der Waals surface area contributed by atoms with Gasteiger partial charge in [-0.15, -0.1) is 6.61 Å². The second kappa shape index (κ2) is 3.12. The zero-order chi connectivity index (χ0) is 8.27. The first-order valence-corrected chi connectivity index (χ1v) is 3.05. The number of benzene rings is 1. The molecule has 0 aliphatic heterocycles. The molecule has 1 aromatic rings. The first-order valence-electron chi connectivity index (χ1n) is 3.05. The fourth-order valence-corrected chi connectivity index (χ4v) is 0.760. The Hall–Kier alpha value is -1.42. The van der Waals surface area contributed by atoms with Crippen LogP contribution in [0.5, 0.6) is 0 Å². The number of nitrogens with zero attached hydrogens (tertiary/aromatic N) is 1. The maximum atomic E-state index is 10.3. The Bertz CT molecular complexity index is 272. The smallest absolute Gasteiger partial charge is 0.269 e. The second-order valence-corrected chi connectivity index (χ2v) is 2.07. The highest BCUT2D eigenvalue weighted by Crippen LogP contribution is 2.11. The molecule has 0 amide bonds. The molecule has 0 saturated carbocycles. The average Bonchev–Trinajstić information content (AvgIpc) is 2.05. The summed E-state index contributed by atoms with van der Waals surface area (Å²) in [6.45, 7) is -0.415. The van der Waals surface area contributed by atoms with Gasteiger partial charge in [-0.25, -0.2) is 0 Å². The number of nitro benzene ring substituents is 1. The van der Waals surface area contributed by atoms with Gasteiger partial charge >= 0.3 is 0 Å². The largest absolute Gasteiger partial charge is 0.851 e. The highest BCUT2D eigenvalue weighted by molar-refractivity contribution is 5.33. The van der Waals surface area contributed by atoms with E-state index in [2.05, 4.69) is 0 Å². The molecule has 0 bridgehead atoms. The molecule has 0 N–H and O–H groups in total. The van der Waals surface area contributed by atoms with E-state index in [1.807, 2.05) is 0 Å². The van der Waals surface area contributed by atoms with Crippen molar-refractivity contribution in [3.05, 3.63) is 39.9 Å². The normalized spacial score (nSPS) is 9.55. The van der Waals surface area contributed by atoms with Crippen molar-refractivity contribution in [1.82, 2.24) is 0 Å². The summed E-state index contributed by atoms with van der Waals surface area (Å²) in [5.41, 5.74) is 0.414. The molecule has 58 valence electrons. The van der Waals surface area contributed by atoms with Gasteiger partial charge in [0.05, 0.1) is 4.92 Å². The van der Waals surface area contributed by atoms with Gasteiger partial charge < -0.3 is 5.11 Å². The molecular weight excluding hydrogens is 146 g/mol. The predicted octanol–water partition coefficient (Wildman–Crippen LogP) is 0.455. The van der Waals surface area contributed by atoms with Gasteiger partial charge in [0.2, 0.25) is 0 Å². The molecule has 0 aromatic heterocycles. The quantitative estimate of drug-likeness (QED) is 0.456. The number of rotatable bonds is 2. The molecule has 4 nitrogen and oxygen atoms in total. The SMILES string of the molecule is O=[N+]([O-])c1cccc(C[O-])c1. The Morgan fingerprint density at radius 2 is 2.18 bits per heavy atom. The summed E-state index contributed by atoms with van der Waals surface area (Å²) in [6, 6.07) is 5.72. The van der Waals surface area contributed by atoms with Gasteiger partial charge in [0.15, 0.2) is 0 Å². The number of non-ortho nitro benzene ring substituents is 1. The molecule has 1 rings (SSSR count). The fraction of sp³-hybridized carbons (Fsp3) is 0.143. The van der Waals surface area contributed by atoms with Crippen molar-refractivity contribution in [3.63, 3.8) is 0 Å². The van der Waals surface area contributed by atoms with E-state index in [4.69, 9.17) is 0 Å². The van der Waals surface area contributed by atoms with Gasteiger partial charge in [-0.2, -0.15) is 0 Å². The first kappa shape index (κ1) is 7.68. The third-order valence-electron chi connectivity index (χ3n) is 1.29. The van der Waals surface area contributed by atoms with Gasteiger partial charge in [0.25, 0.3) is 5.69 Å². The van der Waals surface area contributed by atoms with E-state index in [1.54, 1.807) is 6.07 Å². The Morgan fingerprint density at radius 3 is 2.73 bits per heavy atom. The molecule has 0 heterocycles. The minimum Gasteiger partial charge on any atom is -0.851 e. The highest BCUT2D eigenvalue weighted by atomic mass is 16.6. The molecule has 0 atom stereocenters. The fourth-order valence-electron chi connectivity index (χ4n) is 0.760. The lowest BCUT2D eigenvalue weighted by Gasteiger charge is -2.01. The van der Waals surface area contributed by atoms with Crippen LogP contribution in [0.15, 0.2) is 24.3 Å². The third-order valence-corrected chi connectivity index (χ3v) is 1.29. The molecule has 0 unspecified atom stereocenters. The maximum Gasteiger partial charge on any atom is 0.269 e. The summed E-state index contributed by atoms with van der Waals surface area (Å²) in [5.74, 6) is 0. The van der Waals surface area contributed by atoms with E-state index in [0.29, 0.717) is 5.56 Å². The second-order valence-electron chi connectivity index (χ2n) is 2.07. The average molecular weight is 152 g/mol. The zero-order valence-corrected chi connectivity index (χ0v) is 5.69. The summed E-state index contributed by atoms with van der Waals surface area (Å²) >= 11 is 0. The summed E-state index contributed by atoms with van der Waals surface area (Å²) in [7, 11) is 0. The minimum absolute atomic E-state index is 0.0293. The number of hydrogen-bond donors (Lipinski definition) is 0. The van der Waals surface area contributed by atoms with Crippen LogP contribution in [0.4, 0.5) is 5.69 Å². The lowest BCUT2D eigenvalue weighted by Crippen LogP contribution is -2.02. The van der Waals surface area contributed by atoms with Gasteiger partial charge in [-0.05, 0) is 0 Å². The van der Waals surface area contributed by atoms with Crippen LogP contribution in [0, 0.1) is 10.1 Å². The van der Waals surface area contributed by atoms with Crippen LogP contribution < -0.4 is 5.11 Å². The van der Waals surface area contributed by atoms with Crippen LogP contribution in [0.3, 0.4) is 0 Å². The van der Waals surface area contributed by atoms with E-state index in [-0.39, 0.29) is 5.69 Å². The van der Waals surface area contributed by atoms with Crippen molar-refractivity contribution in [2.45, 2.75) is 6.61 Å². The summed E-state index contributed by atoms with van der Waals surface area (Å²) in [5, 5.41) is 20.5. The molecule has 0 saturated heterocycles. The number of hydrogen-bond acceptors (Lipinski definition) is 3. The van der Waals surface area contributed by atoms with E-state index < -0.39 is 11.5 Å². The third kappa shape index (κ3) is 1.75. The summed E-state index contributed by atoms with van der Waals surface area (Å²) < 4.78 is 0. The topological polar surface area (TPSA) is 66.2 Å². The van der Waals surface area contributed by atoms with Gasteiger partial charge in [0, 0.05) is 12.1 Å². The van der Waals surface area contributed by atoms with Crippen LogP contribution in [-0.2, 0) is 6.61 Å². The van der Waals surface area contributed by atoms with Gasteiger partial charge in [-0.3, -0.25) is 10.1 Å². The maximum absolute atomic E-state index is 10.3. The minimum atomic E-state index is -0.515. The molecule has 0 aliphatic carbocycles. The molecule has 11 heavy (non-hydrogen) atoms. The molecule has 0 spiro atoms. The van der Waals surface area contributed by atoms with Crippen LogP contribution in [0.1, 0.15) is 5.56 Å². The highest BCUT2D eigenvalue weighted by Gasteiger charge is 2.02. The van der Waals surface area contributed by atoms with Gasteiger partial charge in [-0.1, -0.05) is 17.7 Å². The van der Waals surface area contributed by atoms with E-state index in [1.165, 1.54) is 18.2 Å². The van der Waals surface area contributed by atoms with Crippen LogP contribution in [-0.4, -0.2) is 4.92 Å². The van der Waals surface area contributed by atoms with Crippen LogP contribution in [0.25, 0.3) is 0 Å². The van der Waals surface area contributed by atoms with E-state index >= 15 is 0 Å². The Balaban J connectivity index is 3.01. The van der Waals surface area contributed by atoms with Crippen molar-refractivity contribution in [3.8, 4) is 0 Å². The van der Waals surface area contributed by atoms with Crippen LogP contribution >= 0.6 is 0 Å². The lowest BCUT2D eigenvalue weighted by atomic mass is 10.2. The molecule has 1 aromatic carbocycles. The summed E-state index contributed by atoms with van der Waals surface area (Å²) in [4.78, 5) is 9.66. The number of nitro groups is 1. The Labute approximate surface area is 63.2 Å². The Kier molecular flexibility index (Phi) is 2.18. The lowest BCUT2D eigenvalue weighted by molar-refractivity contribution is -0.390. The monoisotopic (exact) mass is 152 g/mol. The Morgan fingerprint density at radius 1 is 1.45 bits per heavy atom. The van der Waals surface area contributed by atoms with E-state index in [0.717, 1.165) is 0 Å². The van der Waals surface area contributed by atoms with Crippen molar-refractivity contribution in [2.24, 2.45) is 0 Å². The van der Waals surface area contributed by atoms with E-state index in [9.17, 15) is 15.2 Å². The zero-order valence-electron chi connectivity index (χ0n) is 5.69. The molecule has 0 fully saturated rings. The molecule has 0 radical (unpaired) electrons. The first-order chi connectivity index (χ1) is 5.24. The van der Waals surface area contributed by atoms with Crippen molar-refractivity contribution in [2.75, 3.05) is 0 Å². The molecular formula is C7H6NO3-. The van der Waals surface area contributed by atoms with Crippen LogP contribution in [0.2, 0.25) is 0 Å². The predicted molar refractivity (Wildman–Crippen MR) is 36.8 cm³/mol. The molecule has 4 heteroatoms. The summed E-state index contributed by atoms with van der Waals surface area (Å²) in [6.07, 6.45) is 0. The van der Waals surface area contributed by atoms with Crippen molar-refractivity contribution < 1.29 is 10.0 Å². The molecule has 0 aliphatic rings. The standard InChI is InChI=1S/C7H6NO3/c9-5-6-2-1-3-7(4-6)8(10)11/h1-4H,5H2/q-1. The van der Waals surface area contributed by atoms with Gasteiger partial charge in [0.1, 0.15) is 0 Å². The van der Waals surface area contributed by atoms with Crippen molar-refractivity contribution >= 4 is 5.69 Å². The van der Waals surface area contributed by atoms with Crippen molar-refractivity contribution in [1.29, 1.82) is 0 Å².